The second kappa shape index (κ2) is 11.5. The van der Waals surface area contributed by atoms with Gasteiger partial charge in [-0.1, -0.05) is 60.7 Å². The van der Waals surface area contributed by atoms with Crippen LogP contribution in [0.1, 0.15) is 24.0 Å². The van der Waals surface area contributed by atoms with Gasteiger partial charge in [0, 0.05) is 12.8 Å². The molecule has 2 aromatic rings. The fraction of sp³-hybridized carbons (Fsp3) is 0.273. The van der Waals surface area contributed by atoms with E-state index >= 15 is 0 Å². The number of hydrogen-bond donors (Lipinski definition) is 3. The van der Waals surface area contributed by atoms with Crippen LogP contribution in [0.2, 0.25) is 0 Å². The van der Waals surface area contributed by atoms with Crippen molar-refractivity contribution in [1.82, 2.24) is 5.32 Å². The number of carbonyl (C=O) groups excluding carboxylic acids is 3. The molecular formula is C22H24N2O6. The highest BCUT2D eigenvalue weighted by Gasteiger charge is 2.25. The number of nitrogens with one attached hydrogen (secondary N) is 1. The molecule has 1 amide bonds. The monoisotopic (exact) mass is 412 g/mol. The van der Waals surface area contributed by atoms with Crippen LogP contribution in [-0.2, 0) is 36.9 Å². The number of hydrogen-bond acceptors (Lipinski definition) is 6. The van der Waals surface area contributed by atoms with E-state index < -0.39 is 35.7 Å². The maximum absolute atomic E-state index is 12.1. The topological polar surface area (TPSA) is 136 Å². The maximum Gasteiger partial charge on any atom is 0.376 e. The molecule has 4 N–H and O–H groups in total. The molecule has 30 heavy (non-hydrogen) atoms. The van der Waals surface area contributed by atoms with Crippen molar-refractivity contribution in [2.75, 3.05) is 0 Å². The number of ketones is 1. The van der Waals surface area contributed by atoms with Crippen LogP contribution in [0.3, 0.4) is 0 Å². The lowest BCUT2D eigenvalue weighted by atomic mass is 10.0. The summed E-state index contributed by atoms with van der Waals surface area (Å²) in [6.07, 6.45) is -0.182. The van der Waals surface area contributed by atoms with Crippen molar-refractivity contribution in [2.45, 2.75) is 38.0 Å². The molecule has 2 atom stereocenters. The molecule has 8 nitrogen and oxygen atoms in total. The van der Waals surface area contributed by atoms with Gasteiger partial charge in [0.1, 0.15) is 12.6 Å². The van der Waals surface area contributed by atoms with Crippen molar-refractivity contribution in [3.63, 3.8) is 0 Å². The summed E-state index contributed by atoms with van der Waals surface area (Å²) in [5.74, 6) is -3.74. The standard InChI is InChI=1S/C22H24N2O6/c23-17(20(26)22(29)30-14-16-9-5-2-6-10-16)11-12-19(25)24-18(21(27)28)13-15-7-3-1-4-8-15/h1-10,17-18H,11-14,23H2,(H,24,25)(H,27,28)/t17-,18-/m0/s1. The van der Waals surface area contributed by atoms with Crippen LogP contribution >= 0.6 is 0 Å². The summed E-state index contributed by atoms with van der Waals surface area (Å²) in [5.41, 5.74) is 7.19. The zero-order valence-corrected chi connectivity index (χ0v) is 16.3. The number of aliphatic carboxylic acids is 1. The summed E-state index contributed by atoms with van der Waals surface area (Å²) < 4.78 is 4.93. The highest BCUT2D eigenvalue weighted by atomic mass is 16.5. The quantitative estimate of drug-likeness (QED) is 0.373. The highest BCUT2D eigenvalue weighted by Crippen LogP contribution is 2.06. The largest absolute Gasteiger partial charge is 0.480 e. The molecule has 8 heteroatoms. The molecule has 0 saturated heterocycles. The zero-order valence-electron chi connectivity index (χ0n) is 16.3. The van der Waals surface area contributed by atoms with Gasteiger partial charge >= 0.3 is 11.9 Å². The molecule has 158 valence electrons. The van der Waals surface area contributed by atoms with Gasteiger partial charge < -0.3 is 20.9 Å². The minimum absolute atomic E-state index is 0.0571. The Balaban J connectivity index is 1.78. The molecule has 0 saturated carbocycles. The molecule has 0 unspecified atom stereocenters. The molecule has 0 aliphatic rings. The van der Waals surface area contributed by atoms with Gasteiger partial charge in [-0.15, -0.1) is 0 Å². The fourth-order valence-electron chi connectivity index (χ4n) is 2.68. The lowest BCUT2D eigenvalue weighted by molar-refractivity contribution is -0.155. The first kappa shape index (κ1) is 22.8. The van der Waals surface area contributed by atoms with Crippen LogP contribution < -0.4 is 11.1 Å². The van der Waals surface area contributed by atoms with Gasteiger partial charge in [-0.3, -0.25) is 9.59 Å². The Morgan fingerprint density at radius 3 is 2.07 bits per heavy atom. The van der Waals surface area contributed by atoms with Gasteiger partial charge in [0.2, 0.25) is 5.91 Å². The molecule has 2 aromatic carbocycles. The molecule has 0 aromatic heterocycles. The Hall–Kier alpha value is -3.52. The molecule has 0 aliphatic carbocycles. The van der Waals surface area contributed by atoms with E-state index in [2.05, 4.69) is 5.32 Å². The Morgan fingerprint density at radius 2 is 1.50 bits per heavy atom. The second-order valence-electron chi connectivity index (χ2n) is 6.72. The second-order valence-corrected chi connectivity index (χ2v) is 6.72. The molecule has 0 fully saturated rings. The SMILES string of the molecule is N[C@@H](CCC(=O)N[C@@H](Cc1ccccc1)C(=O)O)C(=O)C(=O)OCc1ccccc1. The first-order valence-electron chi connectivity index (χ1n) is 9.43. The lowest BCUT2D eigenvalue weighted by Crippen LogP contribution is -2.43. The van der Waals surface area contributed by atoms with Crippen molar-refractivity contribution in [3.8, 4) is 0 Å². The van der Waals surface area contributed by atoms with E-state index in [9.17, 15) is 24.3 Å². The fourth-order valence-corrected chi connectivity index (χ4v) is 2.68. The number of esters is 1. The smallest absolute Gasteiger partial charge is 0.376 e. The molecule has 2 rings (SSSR count). The van der Waals surface area contributed by atoms with Crippen LogP contribution in [0.4, 0.5) is 0 Å². The number of Topliss-reactive ketones (excluding diaryl/α,β-unsaturated/α-hetero) is 1. The maximum atomic E-state index is 12.1. The Kier molecular flexibility index (Phi) is 8.71. The summed E-state index contributed by atoms with van der Waals surface area (Å²) in [6.45, 7) is -0.0571. The van der Waals surface area contributed by atoms with Crippen molar-refractivity contribution in [3.05, 3.63) is 71.8 Å². The lowest BCUT2D eigenvalue weighted by Gasteiger charge is -2.15. The number of benzene rings is 2. The first-order chi connectivity index (χ1) is 14.4. The summed E-state index contributed by atoms with van der Waals surface area (Å²) in [6, 6.07) is 15.4. The van der Waals surface area contributed by atoms with Gasteiger partial charge in [0.25, 0.3) is 5.78 Å². The van der Waals surface area contributed by atoms with Crippen molar-refractivity contribution >= 4 is 23.6 Å². The summed E-state index contributed by atoms with van der Waals surface area (Å²) >= 11 is 0. The summed E-state index contributed by atoms with van der Waals surface area (Å²) in [5, 5.41) is 11.7. The highest BCUT2D eigenvalue weighted by molar-refractivity contribution is 6.35. The Bertz CT molecular complexity index is 870. The van der Waals surface area contributed by atoms with Gasteiger partial charge in [-0.25, -0.2) is 9.59 Å². The number of nitrogens with two attached hydrogens (primary N) is 1. The van der Waals surface area contributed by atoms with Crippen LogP contribution in [0.25, 0.3) is 0 Å². The average Bonchev–Trinajstić information content (AvgIpc) is 2.76. The van der Waals surface area contributed by atoms with E-state index in [1.807, 2.05) is 6.07 Å². The summed E-state index contributed by atoms with van der Waals surface area (Å²) in [7, 11) is 0. The molecular weight excluding hydrogens is 388 g/mol. The van der Waals surface area contributed by atoms with Crippen LogP contribution in [0, 0.1) is 0 Å². The number of carbonyl (C=O) groups is 4. The summed E-state index contributed by atoms with van der Waals surface area (Å²) in [4.78, 5) is 47.4. The van der Waals surface area contributed by atoms with E-state index in [1.54, 1.807) is 54.6 Å². The first-order valence-corrected chi connectivity index (χ1v) is 9.43. The molecule has 0 bridgehead atoms. The van der Waals surface area contributed by atoms with E-state index in [4.69, 9.17) is 10.5 Å². The molecule has 0 heterocycles. The van der Waals surface area contributed by atoms with Crippen LogP contribution in [0.15, 0.2) is 60.7 Å². The third kappa shape index (κ3) is 7.48. The van der Waals surface area contributed by atoms with Crippen LogP contribution in [-0.4, -0.2) is 40.8 Å². The van der Waals surface area contributed by atoms with E-state index in [-0.39, 0.29) is 25.9 Å². The van der Waals surface area contributed by atoms with Crippen molar-refractivity contribution in [2.24, 2.45) is 5.73 Å². The van der Waals surface area contributed by atoms with Gasteiger partial charge in [-0.05, 0) is 17.5 Å². The van der Waals surface area contributed by atoms with E-state index in [1.165, 1.54) is 0 Å². The van der Waals surface area contributed by atoms with Crippen LogP contribution in [0.5, 0.6) is 0 Å². The van der Waals surface area contributed by atoms with E-state index in [0.29, 0.717) is 0 Å². The van der Waals surface area contributed by atoms with Gasteiger partial charge in [0.15, 0.2) is 0 Å². The number of ether oxygens (including phenoxy) is 1. The number of amides is 1. The minimum atomic E-state index is -1.21. The normalized spacial score (nSPS) is 12.4. The zero-order chi connectivity index (χ0) is 21.9. The predicted octanol–water partition coefficient (Wildman–Crippen LogP) is 1.22. The van der Waals surface area contributed by atoms with Crippen molar-refractivity contribution in [1.29, 1.82) is 0 Å². The van der Waals surface area contributed by atoms with Gasteiger partial charge in [0.05, 0.1) is 6.04 Å². The number of carboxylic acid groups (broad SMARTS) is 1. The minimum Gasteiger partial charge on any atom is -0.480 e. The molecule has 0 radical (unpaired) electrons. The van der Waals surface area contributed by atoms with Crippen molar-refractivity contribution < 1.29 is 29.0 Å². The number of carboxylic acids is 1. The third-order valence-corrected chi connectivity index (χ3v) is 4.35. The Labute approximate surface area is 174 Å². The molecule has 0 aliphatic heterocycles. The predicted molar refractivity (Wildman–Crippen MR) is 108 cm³/mol. The molecule has 0 spiro atoms. The Morgan fingerprint density at radius 1 is 0.933 bits per heavy atom. The van der Waals surface area contributed by atoms with E-state index in [0.717, 1.165) is 11.1 Å². The number of rotatable bonds is 11. The average molecular weight is 412 g/mol. The third-order valence-electron chi connectivity index (χ3n) is 4.35. The van der Waals surface area contributed by atoms with Gasteiger partial charge in [-0.2, -0.15) is 0 Å².